The summed E-state index contributed by atoms with van der Waals surface area (Å²) in [6.07, 6.45) is 6.68. The number of amides is 1. The SMILES string of the molecule is CCC(CCNC(=NC)NCCc1c[nH]c2ccccc12)N1CCCC1=O. The standard InChI is InChI=1S/C21H31N5O/c1-3-17(26-14-6-9-20(26)27)11-13-24-21(22-2)23-12-10-16-15-25-19-8-5-4-7-18(16)19/h4-5,7-8,15,17,25H,3,6,9-14H2,1-2H3,(H2,22,23,24). The number of hydrogen-bond donors (Lipinski definition) is 3. The molecule has 1 saturated heterocycles. The summed E-state index contributed by atoms with van der Waals surface area (Å²) in [6.45, 7) is 4.71. The number of H-pyrrole nitrogens is 1. The van der Waals surface area contributed by atoms with Gasteiger partial charge in [-0.3, -0.25) is 9.79 Å². The predicted octanol–water partition coefficient (Wildman–Crippen LogP) is 2.67. The van der Waals surface area contributed by atoms with Gasteiger partial charge in [-0.1, -0.05) is 25.1 Å². The Kier molecular flexibility index (Phi) is 6.74. The van der Waals surface area contributed by atoms with Gasteiger partial charge < -0.3 is 20.5 Å². The highest BCUT2D eigenvalue weighted by Crippen LogP contribution is 2.18. The molecule has 1 unspecified atom stereocenters. The first-order chi connectivity index (χ1) is 13.2. The van der Waals surface area contributed by atoms with Crippen LogP contribution in [0.15, 0.2) is 35.5 Å². The Morgan fingerprint density at radius 1 is 1.30 bits per heavy atom. The number of fused-ring (bicyclic) bond motifs is 1. The average Bonchev–Trinajstić information content (AvgIpc) is 3.30. The number of aromatic nitrogens is 1. The number of para-hydroxylation sites is 1. The lowest BCUT2D eigenvalue weighted by Gasteiger charge is -2.27. The van der Waals surface area contributed by atoms with Crippen molar-refractivity contribution in [2.45, 2.75) is 45.1 Å². The highest BCUT2D eigenvalue weighted by Gasteiger charge is 2.26. The van der Waals surface area contributed by atoms with Crippen molar-refractivity contribution in [2.24, 2.45) is 4.99 Å². The van der Waals surface area contributed by atoms with Crippen LogP contribution >= 0.6 is 0 Å². The number of aliphatic imine (C=N–C) groups is 1. The summed E-state index contributed by atoms with van der Waals surface area (Å²) < 4.78 is 0. The topological polar surface area (TPSA) is 72.5 Å². The Morgan fingerprint density at radius 3 is 2.85 bits per heavy atom. The van der Waals surface area contributed by atoms with Crippen LogP contribution in [-0.4, -0.2) is 54.5 Å². The number of carbonyl (C=O) groups is 1. The quantitative estimate of drug-likeness (QED) is 0.495. The second-order valence-electron chi connectivity index (χ2n) is 7.08. The lowest BCUT2D eigenvalue weighted by Crippen LogP contribution is -2.42. The number of hydrogen-bond acceptors (Lipinski definition) is 2. The highest BCUT2D eigenvalue weighted by molar-refractivity contribution is 5.83. The first-order valence-electron chi connectivity index (χ1n) is 10.0. The van der Waals surface area contributed by atoms with Crippen LogP contribution in [0, 0.1) is 0 Å². The molecule has 146 valence electrons. The third-order valence-corrected chi connectivity index (χ3v) is 5.38. The fraction of sp³-hybridized carbons (Fsp3) is 0.524. The van der Waals surface area contributed by atoms with Crippen molar-refractivity contribution in [1.82, 2.24) is 20.5 Å². The minimum absolute atomic E-state index is 0.308. The van der Waals surface area contributed by atoms with Gasteiger partial charge in [-0.15, -0.1) is 0 Å². The Hall–Kier alpha value is -2.50. The summed E-state index contributed by atoms with van der Waals surface area (Å²) in [6, 6.07) is 8.70. The molecule has 27 heavy (non-hydrogen) atoms. The third-order valence-electron chi connectivity index (χ3n) is 5.38. The van der Waals surface area contributed by atoms with Gasteiger partial charge in [-0.05, 0) is 37.3 Å². The second-order valence-corrected chi connectivity index (χ2v) is 7.08. The molecule has 0 spiro atoms. The molecule has 1 aliphatic rings. The summed E-state index contributed by atoms with van der Waals surface area (Å²) in [4.78, 5) is 21.6. The van der Waals surface area contributed by atoms with Crippen molar-refractivity contribution in [3.8, 4) is 0 Å². The summed E-state index contributed by atoms with van der Waals surface area (Å²) in [5.41, 5.74) is 2.49. The zero-order valence-corrected chi connectivity index (χ0v) is 16.4. The molecule has 1 amide bonds. The minimum Gasteiger partial charge on any atom is -0.361 e. The fourth-order valence-electron chi connectivity index (χ4n) is 3.87. The molecule has 6 nitrogen and oxygen atoms in total. The van der Waals surface area contributed by atoms with E-state index in [-0.39, 0.29) is 0 Å². The lowest BCUT2D eigenvalue weighted by atomic mass is 10.1. The molecule has 2 aromatic rings. The van der Waals surface area contributed by atoms with Gasteiger partial charge in [0.2, 0.25) is 5.91 Å². The number of likely N-dealkylation sites (tertiary alicyclic amines) is 1. The average molecular weight is 370 g/mol. The maximum Gasteiger partial charge on any atom is 0.222 e. The van der Waals surface area contributed by atoms with Gasteiger partial charge in [0.15, 0.2) is 5.96 Å². The van der Waals surface area contributed by atoms with E-state index in [1.807, 2.05) is 6.07 Å². The van der Waals surface area contributed by atoms with Crippen LogP contribution in [0.25, 0.3) is 10.9 Å². The van der Waals surface area contributed by atoms with E-state index in [1.54, 1.807) is 7.05 Å². The van der Waals surface area contributed by atoms with Gasteiger partial charge in [0.05, 0.1) is 0 Å². The number of carbonyl (C=O) groups excluding carboxylic acids is 1. The van der Waals surface area contributed by atoms with Crippen LogP contribution < -0.4 is 10.6 Å². The molecule has 0 radical (unpaired) electrons. The Morgan fingerprint density at radius 2 is 2.11 bits per heavy atom. The van der Waals surface area contributed by atoms with E-state index in [0.29, 0.717) is 18.4 Å². The lowest BCUT2D eigenvalue weighted by molar-refractivity contribution is -0.129. The molecule has 3 N–H and O–H groups in total. The number of rotatable bonds is 8. The van der Waals surface area contributed by atoms with E-state index in [4.69, 9.17) is 0 Å². The summed E-state index contributed by atoms with van der Waals surface area (Å²) in [5, 5.41) is 8.05. The van der Waals surface area contributed by atoms with Crippen molar-refractivity contribution in [3.63, 3.8) is 0 Å². The maximum atomic E-state index is 11.9. The number of nitrogens with one attached hydrogen (secondary N) is 3. The molecular weight excluding hydrogens is 338 g/mol. The first-order valence-corrected chi connectivity index (χ1v) is 10.0. The molecule has 1 aromatic heterocycles. The van der Waals surface area contributed by atoms with Crippen molar-refractivity contribution >= 4 is 22.8 Å². The van der Waals surface area contributed by atoms with E-state index in [1.165, 1.54) is 16.5 Å². The molecule has 1 aromatic carbocycles. The van der Waals surface area contributed by atoms with Crippen LogP contribution in [-0.2, 0) is 11.2 Å². The van der Waals surface area contributed by atoms with E-state index < -0.39 is 0 Å². The first kappa shape index (κ1) is 19.3. The van der Waals surface area contributed by atoms with Gasteiger partial charge >= 0.3 is 0 Å². The maximum absolute atomic E-state index is 11.9. The van der Waals surface area contributed by atoms with Gasteiger partial charge in [-0.25, -0.2) is 0 Å². The Balaban J connectivity index is 1.42. The van der Waals surface area contributed by atoms with Crippen molar-refractivity contribution in [1.29, 1.82) is 0 Å². The van der Waals surface area contributed by atoms with Crippen molar-refractivity contribution < 1.29 is 4.79 Å². The van der Waals surface area contributed by atoms with Crippen molar-refractivity contribution in [2.75, 3.05) is 26.7 Å². The monoisotopic (exact) mass is 369 g/mol. The molecule has 3 rings (SSSR count). The minimum atomic E-state index is 0.308. The van der Waals surface area contributed by atoms with E-state index in [9.17, 15) is 4.79 Å². The third kappa shape index (κ3) is 4.81. The zero-order chi connectivity index (χ0) is 19.1. The summed E-state index contributed by atoms with van der Waals surface area (Å²) in [7, 11) is 1.79. The number of aromatic amines is 1. The molecule has 2 heterocycles. The molecule has 1 aliphatic heterocycles. The number of benzene rings is 1. The van der Waals surface area contributed by atoms with E-state index in [2.05, 4.69) is 56.8 Å². The van der Waals surface area contributed by atoms with Gasteiger partial charge in [-0.2, -0.15) is 0 Å². The van der Waals surface area contributed by atoms with Gasteiger partial charge in [0, 0.05) is 56.2 Å². The molecule has 1 atom stereocenters. The zero-order valence-electron chi connectivity index (χ0n) is 16.4. The van der Waals surface area contributed by atoms with Gasteiger partial charge in [0.25, 0.3) is 0 Å². The van der Waals surface area contributed by atoms with Crippen molar-refractivity contribution in [3.05, 3.63) is 36.0 Å². The largest absolute Gasteiger partial charge is 0.361 e. The molecule has 1 fully saturated rings. The van der Waals surface area contributed by atoms with Gasteiger partial charge in [0.1, 0.15) is 0 Å². The number of guanidine groups is 1. The normalized spacial score (nSPS) is 16.1. The Bertz CT molecular complexity index is 782. The predicted molar refractivity (Wildman–Crippen MR) is 111 cm³/mol. The summed E-state index contributed by atoms with van der Waals surface area (Å²) in [5.74, 6) is 1.13. The van der Waals surface area contributed by atoms with Crippen LogP contribution in [0.3, 0.4) is 0 Å². The molecular formula is C21H31N5O. The highest BCUT2D eigenvalue weighted by atomic mass is 16.2. The van der Waals surface area contributed by atoms with Crippen LogP contribution in [0.1, 0.15) is 38.2 Å². The fourth-order valence-corrected chi connectivity index (χ4v) is 3.87. The van der Waals surface area contributed by atoms with Crippen LogP contribution in [0.2, 0.25) is 0 Å². The molecule has 0 aliphatic carbocycles. The van der Waals surface area contributed by atoms with Crippen LogP contribution in [0.4, 0.5) is 0 Å². The van der Waals surface area contributed by atoms with E-state index in [0.717, 1.165) is 51.3 Å². The smallest absolute Gasteiger partial charge is 0.222 e. The second kappa shape index (κ2) is 9.44. The van der Waals surface area contributed by atoms with Crippen LogP contribution in [0.5, 0.6) is 0 Å². The number of nitrogens with zero attached hydrogens (tertiary/aromatic N) is 2. The summed E-state index contributed by atoms with van der Waals surface area (Å²) >= 11 is 0. The Labute approximate surface area is 161 Å². The van der Waals surface area contributed by atoms with E-state index >= 15 is 0 Å². The molecule has 6 heteroatoms. The molecule has 0 bridgehead atoms. The molecule has 0 saturated carbocycles.